The zero-order valence-electron chi connectivity index (χ0n) is 17.0. The number of hydrogen-bond donors (Lipinski definition) is 2. The van der Waals surface area contributed by atoms with Gasteiger partial charge in [0.15, 0.2) is 5.96 Å². The van der Waals surface area contributed by atoms with Crippen molar-refractivity contribution in [2.75, 3.05) is 66.2 Å². The van der Waals surface area contributed by atoms with Crippen LogP contribution >= 0.6 is 24.0 Å². The highest BCUT2D eigenvalue weighted by Gasteiger charge is 2.32. The van der Waals surface area contributed by atoms with Crippen LogP contribution in [0.4, 0.5) is 13.2 Å². The standard InChI is InChI=1S/C18H35F3N4O2.HI/c1-3-22-17(23-8-4-12-27-14-13-26-2)24-9-5-16-6-10-25(11-7-16)15-18(19,20)21;/h16H,3-15H2,1-2H3,(H2,22,23,24);1H. The summed E-state index contributed by atoms with van der Waals surface area (Å²) in [7, 11) is 1.65. The Morgan fingerprint density at radius 3 is 2.46 bits per heavy atom. The molecule has 0 atom stereocenters. The highest BCUT2D eigenvalue weighted by Crippen LogP contribution is 2.23. The second-order valence-electron chi connectivity index (χ2n) is 6.77. The van der Waals surface area contributed by atoms with Gasteiger partial charge in [-0.05, 0) is 51.6 Å². The largest absolute Gasteiger partial charge is 0.401 e. The summed E-state index contributed by atoms with van der Waals surface area (Å²) in [5, 5.41) is 6.52. The quantitative estimate of drug-likeness (QED) is 0.178. The minimum Gasteiger partial charge on any atom is -0.382 e. The van der Waals surface area contributed by atoms with Crippen LogP contribution in [-0.4, -0.2) is 83.2 Å². The summed E-state index contributed by atoms with van der Waals surface area (Å²) in [6.07, 6.45) is -0.655. The fraction of sp³-hybridized carbons (Fsp3) is 0.944. The van der Waals surface area contributed by atoms with Crippen molar-refractivity contribution < 1.29 is 22.6 Å². The third-order valence-electron chi connectivity index (χ3n) is 4.45. The molecule has 1 saturated heterocycles. The number of methoxy groups -OCH3 is 1. The number of rotatable bonds is 12. The lowest BCUT2D eigenvalue weighted by atomic mass is 9.93. The number of alkyl halides is 3. The molecule has 1 fully saturated rings. The maximum absolute atomic E-state index is 12.4. The normalized spacial score (nSPS) is 16.7. The van der Waals surface area contributed by atoms with Crippen LogP contribution in [0.1, 0.15) is 32.6 Å². The van der Waals surface area contributed by atoms with Gasteiger partial charge in [0.1, 0.15) is 0 Å². The maximum Gasteiger partial charge on any atom is 0.401 e. The van der Waals surface area contributed by atoms with Crippen LogP contribution in [0, 0.1) is 5.92 Å². The van der Waals surface area contributed by atoms with Gasteiger partial charge in [0.25, 0.3) is 0 Å². The second kappa shape index (κ2) is 16.5. The van der Waals surface area contributed by atoms with Crippen molar-refractivity contribution in [2.24, 2.45) is 10.9 Å². The molecule has 28 heavy (non-hydrogen) atoms. The topological polar surface area (TPSA) is 58.1 Å². The van der Waals surface area contributed by atoms with Gasteiger partial charge in [-0.25, -0.2) is 0 Å². The molecule has 0 unspecified atom stereocenters. The van der Waals surface area contributed by atoms with Gasteiger partial charge < -0.3 is 20.1 Å². The Kier molecular flexibility index (Phi) is 16.3. The van der Waals surface area contributed by atoms with Crippen molar-refractivity contribution in [3.8, 4) is 0 Å². The molecule has 0 aliphatic carbocycles. The van der Waals surface area contributed by atoms with E-state index in [4.69, 9.17) is 9.47 Å². The molecule has 6 nitrogen and oxygen atoms in total. The number of nitrogens with zero attached hydrogens (tertiary/aromatic N) is 2. The molecule has 0 aromatic rings. The lowest BCUT2D eigenvalue weighted by Gasteiger charge is -2.32. The first kappa shape index (κ1) is 27.7. The molecule has 0 aromatic carbocycles. The van der Waals surface area contributed by atoms with E-state index in [0.29, 0.717) is 45.4 Å². The van der Waals surface area contributed by atoms with Gasteiger partial charge in [-0.1, -0.05) is 0 Å². The lowest BCUT2D eigenvalue weighted by Crippen LogP contribution is -2.41. The first-order valence-electron chi connectivity index (χ1n) is 9.82. The number of nitrogens with one attached hydrogen (secondary N) is 2. The fourth-order valence-corrected chi connectivity index (χ4v) is 3.03. The van der Waals surface area contributed by atoms with Crippen molar-refractivity contribution in [3.05, 3.63) is 0 Å². The van der Waals surface area contributed by atoms with Gasteiger partial charge in [0.2, 0.25) is 0 Å². The van der Waals surface area contributed by atoms with E-state index in [1.165, 1.54) is 4.90 Å². The summed E-state index contributed by atoms with van der Waals surface area (Å²) < 4.78 is 47.6. The molecular formula is C18H36F3IN4O2. The Morgan fingerprint density at radius 1 is 1.14 bits per heavy atom. The summed E-state index contributed by atoms with van der Waals surface area (Å²) >= 11 is 0. The molecule has 1 aliphatic rings. The van der Waals surface area contributed by atoms with E-state index in [1.807, 2.05) is 6.92 Å². The van der Waals surface area contributed by atoms with Gasteiger partial charge in [-0.2, -0.15) is 13.2 Å². The van der Waals surface area contributed by atoms with E-state index in [1.54, 1.807) is 7.11 Å². The Morgan fingerprint density at radius 2 is 1.86 bits per heavy atom. The minimum absolute atomic E-state index is 0. The van der Waals surface area contributed by atoms with Crippen LogP contribution in [-0.2, 0) is 9.47 Å². The van der Waals surface area contributed by atoms with E-state index < -0.39 is 12.7 Å². The Labute approximate surface area is 184 Å². The zero-order chi connectivity index (χ0) is 20.0. The summed E-state index contributed by atoms with van der Waals surface area (Å²) in [5.74, 6) is 1.25. The molecule has 0 bridgehead atoms. The van der Waals surface area contributed by atoms with Crippen LogP contribution in [0.15, 0.2) is 4.99 Å². The molecule has 2 N–H and O–H groups in total. The SMILES string of the molecule is CCNC(=NCCCOCCOC)NCCC1CCN(CC(F)(F)F)CC1.I. The smallest absolute Gasteiger partial charge is 0.382 e. The van der Waals surface area contributed by atoms with Crippen molar-refractivity contribution in [1.82, 2.24) is 15.5 Å². The van der Waals surface area contributed by atoms with Crippen LogP contribution in [0.5, 0.6) is 0 Å². The lowest BCUT2D eigenvalue weighted by molar-refractivity contribution is -0.148. The van der Waals surface area contributed by atoms with Gasteiger partial charge >= 0.3 is 6.18 Å². The molecule has 1 heterocycles. The Hall–Kier alpha value is -0.330. The van der Waals surface area contributed by atoms with Crippen molar-refractivity contribution in [3.63, 3.8) is 0 Å². The molecule has 10 heteroatoms. The molecule has 168 valence electrons. The van der Waals surface area contributed by atoms with E-state index >= 15 is 0 Å². The van der Waals surface area contributed by atoms with Crippen LogP contribution in [0.25, 0.3) is 0 Å². The van der Waals surface area contributed by atoms with Crippen LogP contribution < -0.4 is 10.6 Å². The van der Waals surface area contributed by atoms with Crippen LogP contribution in [0.2, 0.25) is 0 Å². The van der Waals surface area contributed by atoms with Gasteiger partial charge in [0, 0.05) is 33.4 Å². The second-order valence-corrected chi connectivity index (χ2v) is 6.77. The molecule has 0 aromatic heterocycles. The predicted octanol–water partition coefficient (Wildman–Crippen LogP) is 2.88. The van der Waals surface area contributed by atoms with Gasteiger partial charge in [0.05, 0.1) is 19.8 Å². The van der Waals surface area contributed by atoms with E-state index in [-0.39, 0.29) is 24.0 Å². The number of ether oxygens (including phenoxy) is 2. The highest BCUT2D eigenvalue weighted by molar-refractivity contribution is 14.0. The van der Waals surface area contributed by atoms with Crippen molar-refractivity contribution in [2.45, 2.75) is 38.8 Å². The first-order chi connectivity index (χ1) is 12.9. The van der Waals surface area contributed by atoms with E-state index in [9.17, 15) is 13.2 Å². The average molecular weight is 524 g/mol. The summed E-state index contributed by atoms with van der Waals surface area (Å²) in [6.45, 7) is 6.38. The van der Waals surface area contributed by atoms with Crippen LogP contribution in [0.3, 0.4) is 0 Å². The molecule has 1 aliphatic heterocycles. The third kappa shape index (κ3) is 14.6. The molecule has 0 amide bonds. The summed E-state index contributed by atoms with van der Waals surface area (Å²) in [4.78, 5) is 6.02. The number of hydrogen-bond acceptors (Lipinski definition) is 4. The molecule has 1 rings (SSSR count). The number of likely N-dealkylation sites (tertiary alicyclic amines) is 1. The summed E-state index contributed by atoms with van der Waals surface area (Å²) in [6, 6.07) is 0. The minimum atomic E-state index is -4.10. The number of halogens is 4. The monoisotopic (exact) mass is 524 g/mol. The fourth-order valence-electron chi connectivity index (χ4n) is 3.03. The maximum atomic E-state index is 12.4. The first-order valence-corrected chi connectivity index (χ1v) is 9.82. The number of piperidine rings is 1. The van der Waals surface area contributed by atoms with Crippen molar-refractivity contribution in [1.29, 1.82) is 0 Å². The predicted molar refractivity (Wildman–Crippen MR) is 117 cm³/mol. The Balaban J connectivity index is 0.00000729. The molecule has 0 saturated carbocycles. The number of guanidine groups is 1. The average Bonchev–Trinajstić information content (AvgIpc) is 2.61. The highest BCUT2D eigenvalue weighted by atomic mass is 127. The molecule has 0 spiro atoms. The van der Waals surface area contributed by atoms with E-state index in [2.05, 4.69) is 15.6 Å². The van der Waals surface area contributed by atoms with E-state index in [0.717, 1.165) is 44.7 Å². The van der Waals surface area contributed by atoms with Gasteiger partial charge in [-0.3, -0.25) is 9.89 Å². The molecular weight excluding hydrogens is 488 g/mol. The summed E-state index contributed by atoms with van der Waals surface area (Å²) in [5.41, 5.74) is 0. The zero-order valence-corrected chi connectivity index (χ0v) is 19.4. The molecule has 0 radical (unpaired) electrons. The third-order valence-corrected chi connectivity index (χ3v) is 4.45. The van der Waals surface area contributed by atoms with Gasteiger partial charge in [-0.15, -0.1) is 24.0 Å². The number of aliphatic imine (C=N–C) groups is 1. The Bertz CT molecular complexity index is 407. The van der Waals surface area contributed by atoms with Crippen molar-refractivity contribution >= 4 is 29.9 Å².